The fourth-order valence-electron chi connectivity index (χ4n) is 1.27. The molecule has 0 aliphatic heterocycles. The molecule has 0 aromatic rings. The highest BCUT2D eigenvalue weighted by atomic mass is 14.1. The summed E-state index contributed by atoms with van der Waals surface area (Å²) in [6.07, 6.45) is 3.83. The molecule has 0 saturated carbocycles. The van der Waals surface area contributed by atoms with E-state index in [2.05, 4.69) is 34.6 Å². The summed E-state index contributed by atoms with van der Waals surface area (Å²) in [6, 6.07) is 0. The van der Waals surface area contributed by atoms with Gasteiger partial charge in [-0.1, -0.05) is 38.3 Å². The minimum atomic E-state index is 0.861. The van der Waals surface area contributed by atoms with Gasteiger partial charge in [0.15, 0.2) is 0 Å². The van der Waals surface area contributed by atoms with Crippen molar-refractivity contribution in [2.75, 3.05) is 0 Å². The van der Waals surface area contributed by atoms with Crippen LogP contribution in [-0.2, 0) is 0 Å². The van der Waals surface area contributed by atoms with Crippen molar-refractivity contribution in [1.29, 1.82) is 0 Å². The number of allylic oxidation sites excluding steroid dienone is 2. The third-order valence-corrected chi connectivity index (χ3v) is 2.43. The van der Waals surface area contributed by atoms with Crippen molar-refractivity contribution < 1.29 is 0 Å². The number of hydrogen-bond acceptors (Lipinski definition) is 0. The van der Waals surface area contributed by atoms with E-state index in [1.807, 2.05) is 0 Å². The quantitative estimate of drug-likeness (QED) is 0.533. The van der Waals surface area contributed by atoms with Crippen molar-refractivity contribution in [3.05, 3.63) is 11.1 Å². The van der Waals surface area contributed by atoms with Crippen LogP contribution in [0.1, 0.15) is 53.9 Å². The Bertz CT molecular complexity index is 127. The molecule has 0 nitrogen and oxygen atoms in total. The van der Waals surface area contributed by atoms with Gasteiger partial charge in [0.2, 0.25) is 0 Å². The van der Waals surface area contributed by atoms with E-state index in [0.717, 1.165) is 5.92 Å². The second-order valence-corrected chi connectivity index (χ2v) is 3.67. The highest BCUT2D eigenvalue weighted by molar-refractivity contribution is 5.09. The van der Waals surface area contributed by atoms with E-state index < -0.39 is 0 Å². The lowest BCUT2D eigenvalue weighted by Crippen LogP contribution is -1.95. The molecule has 0 fully saturated rings. The topological polar surface area (TPSA) is 0 Å². The summed E-state index contributed by atoms with van der Waals surface area (Å²) in [7, 11) is 0. The monoisotopic (exact) mass is 154 g/mol. The van der Waals surface area contributed by atoms with E-state index in [4.69, 9.17) is 0 Å². The zero-order valence-electron chi connectivity index (χ0n) is 8.70. The molecule has 0 bridgehead atoms. The molecule has 66 valence electrons. The van der Waals surface area contributed by atoms with Crippen molar-refractivity contribution >= 4 is 0 Å². The SMILES string of the molecule is CCC(CC(C)CC)=C(C)C. The second kappa shape index (κ2) is 5.40. The predicted octanol–water partition coefficient (Wildman–Crippen LogP) is 4.17. The van der Waals surface area contributed by atoms with Gasteiger partial charge in [-0.05, 0) is 32.6 Å². The molecule has 0 N–H and O–H groups in total. The first-order valence-electron chi connectivity index (χ1n) is 4.77. The highest BCUT2D eigenvalue weighted by Gasteiger charge is 2.02. The average Bonchev–Trinajstić information content (AvgIpc) is 1.99. The molecule has 1 unspecified atom stereocenters. The summed E-state index contributed by atoms with van der Waals surface area (Å²) < 4.78 is 0. The van der Waals surface area contributed by atoms with Gasteiger partial charge in [0.05, 0.1) is 0 Å². The van der Waals surface area contributed by atoms with Gasteiger partial charge in [-0.3, -0.25) is 0 Å². The van der Waals surface area contributed by atoms with Gasteiger partial charge in [0.25, 0.3) is 0 Å². The molecule has 11 heavy (non-hydrogen) atoms. The Labute approximate surface area is 71.7 Å². The third-order valence-electron chi connectivity index (χ3n) is 2.43. The maximum atomic E-state index is 2.33. The molecule has 0 heteroatoms. The van der Waals surface area contributed by atoms with Crippen LogP contribution >= 0.6 is 0 Å². The fourth-order valence-corrected chi connectivity index (χ4v) is 1.27. The normalized spacial score (nSPS) is 12.8. The molecular weight excluding hydrogens is 132 g/mol. The van der Waals surface area contributed by atoms with Crippen LogP contribution in [0.3, 0.4) is 0 Å². The first kappa shape index (κ1) is 10.7. The van der Waals surface area contributed by atoms with Crippen molar-refractivity contribution in [3.63, 3.8) is 0 Å². The van der Waals surface area contributed by atoms with Gasteiger partial charge in [-0.15, -0.1) is 0 Å². The maximum absolute atomic E-state index is 2.33. The Morgan fingerprint density at radius 2 is 1.73 bits per heavy atom. The molecule has 0 heterocycles. The van der Waals surface area contributed by atoms with Crippen LogP contribution in [0.2, 0.25) is 0 Å². The Morgan fingerprint density at radius 3 is 2.00 bits per heavy atom. The lowest BCUT2D eigenvalue weighted by atomic mass is 9.94. The molecule has 1 atom stereocenters. The summed E-state index contributed by atoms with van der Waals surface area (Å²) in [5.74, 6) is 0.861. The standard InChI is InChI=1S/C11H22/c1-6-10(5)8-11(7-2)9(3)4/h10H,6-8H2,1-5H3. The van der Waals surface area contributed by atoms with E-state index in [-0.39, 0.29) is 0 Å². The van der Waals surface area contributed by atoms with Crippen LogP contribution in [-0.4, -0.2) is 0 Å². The number of rotatable bonds is 4. The van der Waals surface area contributed by atoms with E-state index >= 15 is 0 Å². The molecular formula is C11H22. The van der Waals surface area contributed by atoms with Gasteiger partial charge in [-0.2, -0.15) is 0 Å². The van der Waals surface area contributed by atoms with Gasteiger partial charge in [0.1, 0.15) is 0 Å². The summed E-state index contributed by atoms with van der Waals surface area (Å²) in [6.45, 7) is 11.3. The van der Waals surface area contributed by atoms with E-state index in [1.54, 1.807) is 5.57 Å². The van der Waals surface area contributed by atoms with Crippen LogP contribution in [0, 0.1) is 5.92 Å². The van der Waals surface area contributed by atoms with Crippen molar-refractivity contribution in [2.24, 2.45) is 5.92 Å². The Kier molecular flexibility index (Phi) is 5.27. The second-order valence-electron chi connectivity index (χ2n) is 3.67. The summed E-state index contributed by atoms with van der Waals surface area (Å²) in [5, 5.41) is 0. The van der Waals surface area contributed by atoms with Crippen molar-refractivity contribution in [3.8, 4) is 0 Å². The van der Waals surface area contributed by atoms with Gasteiger partial charge >= 0.3 is 0 Å². The predicted molar refractivity (Wildman–Crippen MR) is 52.7 cm³/mol. The first-order valence-corrected chi connectivity index (χ1v) is 4.77. The molecule has 0 aliphatic carbocycles. The largest absolute Gasteiger partial charge is 0.0772 e. The minimum Gasteiger partial charge on any atom is -0.0772 e. The lowest BCUT2D eigenvalue weighted by Gasteiger charge is -2.12. The average molecular weight is 154 g/mol. The molecule has 0 aromatic carbocycles. The van der Waals surface area contributed by atoms with Crippen molar-refractivity contribution in [2.45, 2.75) is 53.9 Å². The van der Waals surface area contributed by atoms with Gasteiger partial charge in [-0.25, -0.2) is 0 Å². The van der Waals surface area contributed by atoms with E-state index in [9.17, 15) is 0 Å². The van der Waals surface area contributed by atoms with E-state index in [1.165, 1.54) is 24.8 Å². The summed E-state index contributed by atoms with van der Waals surface area (Å²) in [4.78, 5) is 0. The van der Waals surface area contributed by atoms with Crippen LogP contribution in [0.15, 0.2) is 11.1 Å². The fraction of sp³-hybridized carbons (Fsp3) is 0.818. The van der Waals surface area contributed by atoms with E-state index in [0.29, 0.717) is 0 Å². The molecule has 0 saturated heterocycles. The Hall–Kier alpha value is -0.260. The minimum absolute atomic E-state index is 0.861. The van der Waals surface area contributed by atoms with Gasteiger partial charge < -0.3 is 0 Å². The molecule has 0 radical (unpaired) electrons. The maximum Gasteiger partial charge on any atom is -0.0292 e. The molecule has 0 spiro atoms. The zero-order valence-corrected chi connectivity index (χ0v) is 8.70. The zero-order chi connectivity index (χ0) is 8.85. The lowest BCUT2D eigenvalue weighted by molar-refractivity contribution is 0.547. The molecule has 0 aliphatic rings. The van der Waals surface area contributed by atoms with Crippen LogP contribution in [0.25, 0.3) is 0 Å². The molecule has 0 aromatic heterocycles. The van der Waals surface area contributed by atoms with Gasteiger partial charge in [0, 0.05) is 0 Å². The summed E-state index contributed by atoms with van der Waals surface area (Å²) >= 11 is 0. The first-order chi connectivity index (χ1) is 5.11. The Balaban J connectivity index is 3.99. The van der Waals surface area contributed by atoms with Crippen molar-refractivity contribution in [1.82, 2.24) is 0 Å². The smallest absolute Gasteiger partial charge is 0.0292 e. The number of hydrogen-bond donors (Lipinski definition) is 0. The molecule has 0 rings (SSSR count). The van der Waals surface area contributed by atoms with Crippen LogP contribution < -0.4 is 0 Å². The van der Waals surface area contributed by atoms with Crippen LogP contribution in [0.4, 0.5) is 0 Å². The highest BCUT2D eigenvalue weighted by Crippen LogP contribution is 2.19. The third kappa shape index (κ3) is 4.23. The Morgan fingerprint density at radius 1 is 1.18 bits per heavy atom. The summed E-state index contributed by atoms with van der Waals surface area (Å²) in [5.41, 5.74) is 3.17. The molecule has 0 amide bonds. The van der Waals surface area contributed by atoms with Crippen LogP contribution in [0.5, 0.6) is 0 Å².